The third-order valence-electron chi connectivity index (χ3n) is 5.83. The summed E-state index contributed by atoms with van der Waals surface area (Å²) in [6, 6.07) is 10.8. The van der Waals surface area contributed by atoms with Gasteiger partial charge in [-0.1, -0.05) is 12.5 Å². The van der Waals surface area contributed by atoms with E-state index in [0.717, 1.165) is 31.2 Å². The van der Waals surface area contributed by atoms with Gasteiger partial charge in [-0.05, 0) is 55.0 Å². The van der Waals surface area contributed by atoms with Crippen LogP contribution in [-0.2, 0) is 12.8 Å². The lowest BCUT2D eigenvalue weighted by molar-refractivity contribution is 0.133. The van der Waals surface area contributed by atoms with Crippen LogP contribution < -0.4 is 4.74 Å². The van der Waals surface area contributed by atoms with Gasteiger partial charge in [-0.3, -0.25) is 4.90 Å². The Morgan fingerprint density at radius 3 is 2.73 bits per heavy atom. The van der Waals surface area contributed by atoms with Crippen molar-refractivity contribution < 1.29 is 9.84 Å². The average molecular weight is 349 g/mol. The maximum Gasteiger partial charge on any atom is 0.219 e. The zero-order valence-corrected chi connectivity index (χ0v) is 14.7. The van der Waals surface area contributed by atoms with Crippen LogP contribution in [0.15, 0.2) is 36.5 Å². The normalized spacial score (nSPS) is 18.3. The van der Waals surface area contributed by atoms with E-state index in [9.17, 15) is 5.11 Å². The summed E-state index contributed by atoms with van der Waals surface area (Å²) in [7, 11) is 0. The molecule has 2 N–H and O–H groups in total. The Balaban J connectivity index is 1.35. The molecule has 5 nitrogen and oxygen atoms in total. The summed E-state index contributed by atoms with van der Waals surface area (Å²) in [5.41, 5.74) is 3.54. The summed E-state index contributed by atoms with van der Waals surface area (Å²) in [6.07, 6.45) is 8.02. The number of rotatable bonds is 3. The molecule has 2 aromatic heterocycles. The predicted octanol–water partition coefficient (Wildman–Crippen LogP) is 4.01. The van der Waals surface area contributed by atoms with Crippen LogP contribution in [0.2, 0.25) is 0 Å². The second-order valence-electron chi connectivity index (χ2n) is 7.37. The minimum atomic E-state index is 0.139. The van der Waals surface area contributed by atoms with E-state index in [4.69, 9.17) is 4.74 Å². The van der Waals surface area contributed by atoms with Gasteiger partial charge in [0.15, 0.2) is 5.88 Å². The fourth-order valence-electron chi connectivity index (χ4n) is 4.06. The predicted molar refractivity (Wildman–Crippen MR) is 101 cm³/mol. The summed E-state index contributed by atoms with van der Waals surface area (Å²) in [5.74, 6) is 1.51. The van der Waals surface area contributed by atoms with E-state index in [1.54, 1.807) is 12.3 Å². The summed E-state index contributed by atoms with van der Waals surface area (Å²) >= 11 is 0. The number of aromatic hydroxyl groups is 1. The molecule has 5 heteroatoms. The monoisotopic (exact) mass is 349 g/mol. The molecule has 0 radical (unpaired) electrons. The number of H-pyrrole nitrogens is 1. The van der Waals surface area contributed by atoms with Gasteiger partial charge in [0.2, 0.25) is 5.88 Å². The van der Waals surface area contributed by atoms with E-state index >= 15 is 0 Å². The lowest BCUT2D eigenvalue weighted by atomic mass is 9.91. The Hall–Kier alpha value is -2.53. The quantitative estimate of drug-likeness (QED) is 0.750. The van der Waals surface area contributed by atoms with Gasteiger partial charge < -0.3 is 14.8 Å². The minimum Gasteiger partial charge on any atom is -0.494 e. The highest BCUT2D eigenvalue weighted by molar-refractivity contribution is 5.84. The van der Waals surface area contributed by atoms with E-state index in [0.29, 0.717) is 16.8 Å². The highest BCUT2D eigenvalue weighted by Crippen LogP contribution is 2.30. The smallest absolute Gasteiger partial charge is 0.219 e. The SMILES string of the molecule is Oc1[nH]cc2nc(Oc3ccc4c(c3)CCN(C3CCC3)CC4)ccc12. The van der Waals surface area contributed by atoms with Gasteiger partial charge >= 0.3 is 0 Å². The van der Waals surface area contributed by atoms with Gasteiger partial charge in [-0.2, -0.15) is 0 Å². The summed E-state index contributed by atoms with van der Waals surface area (Å²) in [5, 5.41) is 10.4. The molecule has 134 valence electrons. The average Bonchev–Trinajstić information content (AvgIpc) is 2.84. The molecule has 2 aliphatic rings. The molecular formula is C21H23N3O2. The van der Waals surface area contributed by atoms with E-state index in [2.05, 4.69) is 27.0 Å². The number of fused-ring (bicyclic) bond motifs is 2. The number of ether oxygens (including phenoxy) is 1. The minimum absolute atomic E-state index is 0.139. The zero-order chi connectivity index (χ0) is 17.5. The second kappa shape index (κ2) is 6.32. The standard InChI is InChI=1S/C21H23N3O2/c25-21-18-6-7-20(23-19(18)13-22-21)26-17-5-4-14-8-10-24(16-2-1-3-16)11-9-15(14)12-17/h4-7,12-13,16,22,25H,1-3,8-11H2. The van der Waals surface area contributed by atoms with Crippen LogP contribution in [0.3, 0.4) is 0 Å². The molecule has 0 saturated heterocycles. The van der Waals surface area contributed by atoms with E-state index in [1.165, 1.54) is 36.9 Å². The third kappa shape index (κ3) is 2.82. The summed E-state index contributed by atoms with van der Waals surface area (Å²) in [4.78, 5) is 9.89. The number of hydrogen-bond donors (Lipinski definition) is 2. The van der Waals surface area contributed by atoms with Crippen molar-refractivity contribution in [3.8, 4) is 17.5 Å². The Kier molecular flexibility index (Phi) is 3.82. The van der Waals surface area contributed by atoms with Crippen molar-refractivity contribution >= 4 is 10.9 Å². The van der Waals surface area contributed by atoms with Gasteiger partial charge in [-0.25, -0.2) is 4.98 Å². The Morgan fingerprint density at radius 1 is 1.08 bits per heavy atom. The van der Waals surface area contributed by atoms with Crippen LogP contribution in [-0.4, -0.2) is 39.1 Å². The van der Waals surface area contributed by atoms with Crippen LogP contribution in [0.4, 0.5) is 0 Å². The third-order valence-corrected chi connectivity index (χ3v) is 5.83. The van der Waals surface area contributed by atoms with Crippen molar-refractivity contribution in [2.24, 2.45) is 0 Å². The zero-order valence-electron chi connectivity index (χ0n) is 14.7. The van der Waals surface area contributed by atoms with Gasteiger partial charge in [0.25, 0.3) is 0 Å². The summed E-state index contributed by atoms with van der Waals surface area (Å²) < 4.78 is 5.99. The van der Waals surface area contributed by atoms with Crippen molar-refractivity contribution in [3.63, 3.8) is 0 Å². The van der Waals surface area contributed by atoms with Crippen LogP contribution in [0.25, 0.3) is 10.9 Å². The van der Waals surface area contributed by atoms with Gasteiger partial charge in [0.1, 0.15) is 5.75 Å². The molecular weight excluding hydrogens is 326 g/mol. The summed E-state index contributed by atoms with van der Waals surface area (Å²) in [6.45, 7) is 2.32. The van der Waals surface area contributed by atoms with Crippen molar-refractivity contribution in [3.05, 3.63) is 47.7 Å². The molecule has 1 fully saturated rings. The lowest BCUT2D eigenvalue weighted by Gasteiger charge is -2.36. The molecule has 0 unspecified atom stereocenters. The Bertz CT molecular complexity index is 946. The fraction of sp³-hybridized carbons (Fsp3) is 0.381. The number of nitrogens with zero attached hydrogens (tertiary/aromatic N) is 2. The highest BCUT2D eigenvalue weighted by Gasteiger charge is 2.26. The molecule has 0 bridgehead atoms. The second-order valence-corrected chi connectivity index (χ2v) is 7.37. The number of aromatic amines is 1. The number of benzene rings is 1. The van der Waals surface area contributed by atoms with Crippen LogP contribution >= 0.6 is 0 Å². The van der Waals surface area contributed by atoms with E-state index < -0.39 is 0 Å². The first-order valence-electron chi connectivity index (χ1n) is 9.47. The molecule has 5 rings (SSSR count). The van der Waals surface area contributed by atoms with Crippen molar-refractivity contribution in [1.82, 2.24) is 14.9 Å². The molecule has 3 aromatic rings. The molecule has 0 amide bonds. The number of hydrogen-bond acceptors (Lipinski definition) is 4. The first-order valence-corrected chi connectivity index (χ1v) is 9.47. The fourth-order valence-corrected chi connectivity index (χ4v) is 4.06. The molecule has 1 aliphatic heterocycles. The van der Waals surface area contributed by atoms with Crippen molar-refractivity contribution in [2.75, 3.05) is 13.1 Å². The maximum absolute atomic E-state index is 9.69. The Morgan fingerprint density at radius 2 is 1.92 bits per heavy atom. The van der Waals surface area contributed by atoms with Crippen LogP contribution in [0, 0.1) is 0 Å². The highest BCUT2D eigenvalue weighted by atomic mass is 16.5. The maximum atomic E-state index is 9.69. The molecule has 0 spiro atoms. The topological polar surface area (TPSA) is 61.4 Å². The molecule has 0 atom stereocenters. The molecule has 3 heterocycles. The van der Waals surface area contributed by atoms with E-state index in [-0.39, 0.29) is 5.88 Å². The van der Waals surface area contributed by atoms with Gasteiger partial charge in [-0.15, -0.1) is 0 Å². The molecule has 26 heavy (non-hydrogen) atoms. The number of pyridine rings is 1. The lowest BCUT2D eigenvalue weighted by Crippen LogP contribution is -2.41. The van der Waals surface area contributed by atoms with Crippen LogP contribution in [0.5, 0.6) is 17.5 Å². The van der Waals surface area contributed by atoms with Crippen molar-refractivity contribution in [1.29, 1.82) is 0 Å². The first-order chi connectivity index (χ1) is 12.8. The van der Waals surface area contributed by atoms with Gasteiger partial charge in [0, 0.05) is 31.4 Å². The van der Waals surface area contributed by atoms with Crippen LogP contribution in [0.1, 0.15) is 30.4 Å². The Labute approximate surface area is 152 Å². The number of nitrogens with one attached hydrogen (secondary N) is 1. The number of aromatic nitrogens is 2. The van der Waals surface area contributed by atoms with Gasteiger partial charge in [0.05, 0.1) is 10.9 Å². The first kappa shape index (κ1) is 15.7. The van der Waals surface area contributed by atoms with Crippen molar-refractivity contribution in [2.45, 2.75) is 38.1 Å². The molecule has 1 aliphatic carbocycles. The molecule has 1 aromatic carbocycles. The van der Waals surface area contributed by atoms with E-state index in [1.807, 2.05) is 12.1 Å². The largest absolute Gasteiger partial charge is 0.494 e. The molecule has 1 saturated carbocycles.